The van der Waals surface area contributed by atoms with E-state index in [-0.39, 0.29) is 12.5 Å². The van der Waals surface area contributed by atoms with Crippen molar-refractivity contribution in [1.82, 2.24) is 15.1 Å². The van der Waals surface area contributed by atoms with Gasteiger partial charge in [-0.05, 0) is 56.3 Å². The normalized spacial score (nSPS) is 14.3. The molecule has 0 saturated carbocycles. The van der Waals surface area contributed by atoms with Crippen LogP contribution in [-0.4, -0.2) is 60.8 Å². The van der Waals surface area contributed by atoms with Gasteiger partial charge in [-0.15, -0.1) is 10.2 Å². The first-order chi connectivity index (χ1) is 15.5. The topological polar surface area (TPSA) is 70.6 Å². The molecule has 0 bridgehead atoms. The number of amides is 1. The van der Waals surface area contributed by atoms with Crippen molar-refractivity contribution in [3.8, 4) is 17.0 Å². The van der Waals surface area contributed by atoms with E-state index >= 15 is 0 Å². The Morgan fingerprint density at radius 1 is 0.938 bits per heavy atom. The number of carbonyl (C=O) groups is 1. The summed E-state index contributed by atoms with van der Waals surface area (Å²) in [6.45, 7) is 7.91. The first-order valence-corrected chi connectivity index (χ1v) is 10.9. The summed E-state index contributed by atoms with van der Waals surface area (Å²) in [5, 5.41) is 11.7. The van der Waals surface area contributed by atoms with Gasteiger partial charge in [-0.3, -0.25) is 4.79 Å². The Labute approximate surface area is 189 Å². The number of anilines is 2. The lowest BCUT2D eigenvalue weighted by Gasteiger charge is -2.32. The van der Waals surface area contributed by atoms with Crippen LogP contribution in [0.25, 0.3) is 11.3 Å². The zero-order valence-corrected chi connectivity index (χ0v) is 18.8. The molecule has 166 valence electrons. The lowest BCUT2D eigenvalue weighted by atomic mass is 10.1. The van der Waals surface area contributed by atoms with Crippen LogP contribution < -0.4 is 15.0 Å². The average Bonchev–Trinajstić information content (AvgIpc) is 2.80. The summed E-state index contributed by atoms with van der Waals surface area (Å²) in [6.07, 6.45) is 0. The second kappa shape index (κ2) is 9.78. The molecule has 0 unspecified atom stereocenters. The van der Waals surface area contributed by atoms with Gasteiger partial charge in [0.2, 0.25) is 0 Å². The molecule has 7 heteroatoms. The monoisotopic (exact) mass is 431 g/mol. The quantitative estimate of drug-likeness (QED) is 0.644. The Morgan fingerprint density at radius 2 is 1.62 bits per heavy atom. The minimum atomic E-state index is -0.197. The van der Waals surface area contributed by atoms with Crippen molar-refractivity contribution in [2.24, 2.45) is 0 Å². The highest BCUT2D eigenvalue weighted by Crippen LogP contribution is 2.23. The molecule has 0 radical (unpaired) electrons. The van der Waals surface area contributed by atoms with Crippen molar-refractivity contribution in [2.75, 3.05) is 50.1 Å². The zero-order valence-electron chi connectivity index (χ0n) is 18.8. The average molecular weight is 432 g/mol. The van der Waals surface area contributed by atoms with Gasteiger partial charge in [-0.1, -0.05) is 30.3 Å². The highest BCUT2D eigenvalue weighted by atomic mass is 16.5. The number of carbonyl (C=O) groups excluding carboxylic acids is 1. The van der Waals surface area contributed by atoms with E-state index in [1.807, 2.05) is 68.4 Å². The Balaban J connectivity index is 1.33. The van der Waals surface area contributed by atoms with E-state index in [2.05, 4.69) is 32.4 Å². The first-order valence-electron chi connectivity index (χ1n) is 10.9. The number of hydrogen-bond donors (Lipinski definition) is 1. The molecule has 7 nitrogen and oxygen atoms in total. The lowest BCUT2D eigenvalue weighted by molar-refractivity contribution is -0.118. The van der Waals surface area contributed by atoms with E-state index < -0.39 is 0 Å². The van der Waals surface area contributed by atoms with E-state index in [0.29, 0.717) is 5.69 Å². The number of rotatable bonds is 6. The molecule has 1 amide bonds. The first kappa shape index (κ1) is 21.8. The number of nitrogens with one attached hydrogen (secondary N) is 1. The van der Waals surface area contributed by atoms with E-state index in [1.165, 1.54) is 0 Å². The molecule has 1 aliphatic rings. The van der Waals surface area contributed by atoms with Gasteiger partial charge >= 0.3 is 0 Å². The molecule has 1 aliphatic heterocycles. The van der Waals surface area contributed by atoms with Crippen LogP contribution in [-0.2, 0) is 4.79 Å². The Kier molecular flexibility index (Phi) is 6.66. The van der Waals surface area contributed by atoms with Crippen LogP contribution in [0.4, 0.5) is 11.5 Å². The minimum absolute atomic E-state index is 0.0350. The van der Waals surface area contributed by atoms with Gasteiger partial charge in [0, 0.05) is 37.4 Å². The predicted molar refractivity (Wildman–Crippen MR) is 127 cm³/mol. The van der Waals surface area contributed by atoms with Crippen molar-refractivity contribution in [3.05, 3.63) is 65.7 Å². The van der Waals surface area contributed by atoms with Crippen LogP contribution in [0.15, 0.2) is 54.6 Å². The second-order valence-corrected chi connectivity index (χ2v) is 8.20. The van der Waals surface area contributed by atoms with Crippen LogP contribution in [0.1, 0.15) is 11.1 Å². The smallest absolute Gasteiger partial charge is 0.262 e. The molecule has 1 N–H and O–H groups in total. The molecule has 2 aromatic carbocycles. The summed E-state index contributed by atoms with van der Waals surface area (Å²) >= 11 is 0. The Hall–Kier alpha value is -3.45. The van der Waals surface area contributed by atoms with Gasteiger partial charge in [0.25, 0.3) is 5.91 Å². The molecule has 1 aromatic heterocycles. The largest absolute Gasteiger partial charge is 0.483 e. The third kappa shape index (κ3) is 5.23. The fourth-order valence-corrected chi connectivity index (χ4v) is 3.77. The van der Waals surface area contributed by atoms with E-state index in [4.69, 9.17) is 4.74 Å². The van der Waals surface area contributed by atoms with E-state index in [1.54, 1.807) is 0 Å². The number of para-hydroxylation sites is 1. The number of aromatic nitrogens is 2. The molecule has 0 atom stereocenters. The lowest BCUT2D eigenvalue weighted by Crippen LogP contribution is -2.44. The molecular weight excluding hydrogens is 402 g/mol. The number of hydrogen-bond acceptors (Lipinski definition) is 6. The van der Waals surface area contributed by atoms with Gasteiger partial charge < -0.3 is 19.9 Å². The van der Waals surface area contributed by atoms with Crippen LogP contribution in [0.3, 0.4) is 0 Å². The van der Waals surface area contributed by atoms with E-state index in [0.717, 1.165) is 60.1 Å². The van der Waals surface area contributed by atoms with Crippen molar-refractivity contribution in [2.45, 2.75) is 13.8 Å². The number of ether oxygens (including phenoxy) is 1. The van der Waals surface area contributed by atoms with Crippen LogP contribution in [0.2, 0.25) is 0 Å². The zero-order chi connectivity index (χ0) is 22.5. The summed E-state index contributed by atoms with van der Waals surface area (Å²) in [7, 11) is 2.14. The van der Waals surface area contributed by atoms with Crippen molar-refractivity contribution >= 4 is 17.4 Å². The molecule has 0 spiro atoms. The molecular formula is C25H29N5O2. The maximum absolute atomic E-state index is 12.3. The van der Waals surface area contributed by atoms with E-state index in [9.17, 15) is 4.79 Å². The van der Waals surface area contributed by atoms with Crippen LogP contribution in [0.5, 0.6) is 5.75 Å². The summed E-state index contributed by atoms with van der Waals surface area (Å²) in [5.74, 6) is 1.47. The summed E-state index contributed by atoms with van der Waals surface area (Å²) in [6, 6.07) is 17.5. The van der Waals surface area contributed by atoms with Gasteiger partial charge in [-0.25, -0.2) is 0 Å². The molecule has 0 aliphatic carbocycles. The second-order valence-electron chi connectivity index (χ2n) is 8.20. The summed E-state index contributed by atoms with van der Waals surface area (Å²) in [5.41, 5.74) is 4.50. The number of aryl methyl sites for hydroxylation is 2. The van der Waals surface area contributed by atoms with Crippen molar-refractivity contribution in [1.29, 1.82) is 0 Å². The molecule has 4 rings (SSSR count). The van der Waals surface area contributed by atoms with Crippen LogP contribution in [0, 0.1) is 13.8 Å². The molecule has 1 fully saturated rings. The highest BCUT2D eigenvalue weighted by molar-refractivity contribution is 5.92. The predicted octanol–water partition coefficient (Wildman–Crippen LogP) is 3.53. The molecule has 2 heterocycles. The highest BCUT2D eigenvalue weighted by Gasteiger charge is 2.15. The SMILES string of the molecule is Cc1cccc(C)c1OCC(=O)Nc1ccc(-c2ccc(N3CCN(C)CC3)nn2)cc1. The van der Waals surface area contributed by atoms with Gasteiger partial charge in [-0.2, -0.15) is 0 Å². The Morgan fingerprint density at radius 3 is 2.25 bits per heavy atom. The summed E-state index contributed by atoms with van der Waals surface area (Å²) < 4.78 is 5.72. The maximum atomic E-state index is 12.3. The Bertz CT molecular complexity index is 1040. The summed E-state index contributed by atoms with van der Waals surface area (Å²) in [4.78, 5) is 16.9. The minimum Gasteiger partial charge on any atom is -0.483 e. The fraction of sp³-hybridized carbons (Fsp3) is 0.320. The van der Waals surface area contributed by atoms with Gasteiger partial charge in [0.05, 0.1) is 5.69 Å². The number of likely N-dealkylation sites (N-methyl/N-ethyl adjacent to an activating group) is 1. The molecule has 3 aromatic rings. The maximum Gasteiger partial charge on any atom is 0.262 e. The van der Waals surface area contributed by atoms with Crippen molar-refractivity contribution < 1.29 is 9.53 Å². The fourth-order valence-electron chi connectivity index (χ4n) is 3.77. The third-order valence-electron chi connectivity index (χ3n) is 5.70. The standard InChI is InChI=1S/C25H29N5O2/c1-18-5-4-6-19(2)25(18)32-17-24(31)26-21-9-7-20(8-10-21)22-11-12-23(28-27-22)30-15-13-29(3)14-16-30/h4-12H,13-17H2,1-3H3,(H,26,31). The number of piperazine rings is 1. The van der Waals surface area contributed by atoms with Crippen LogP contribution >= 0.6 is 0 Å². The molecule has 1 saturated heterocycles. The number of nitrogens with zero attached hydrogens (tertiary/aromatic N) is 4. The number of benzene rings is 2. The molecule has 32 heavy (non-hydrogen) atoms. The third-order valence-corrected chi connectivity index (χ3v) is 5.70. The van der Waals surface area contributed by atoms with Crippen molar-refractivity contribution in [3.63, 3.8) is 0 Å². The van der Waals surface area contributed by atoms with Gasteiger partial charge in [0.15, 0.2) is 12.4 Å². The van der Waals surface area contributed by atoms with Gasteiger partial charge in [0.1, 0.15) is 5.75 Å².